The summed E-state index contributed by atoms with van der Waals surface area (Å²) in [6, 6.07) is 0. The first kappa shape index (κ1) is 9.76. The molecule has 1 heteroatoms. The van der Waals surface area contributed by atoms with Gasteiger partial charge in [-0.15, -0.1) is 0 Å². The fourth-order valence-electron chi connectivity index (χ4n) is 2.07. The second-order valence-electron chi connectivity index (χ2n) is 4.29. The van der Waals surface area contributed by atoms with Crippen LogP contribution < -0.4 is 0 Å². The molecular weight excluding hydrogens is 148 g/mol. The van der Waals surface area contributed by atoms with Gasteiger partial charge >= 0.3 is 0 Å². The van der Waals surface area contributed by atoms with Crippen LogP contribution in [0.5, 0.6) is 0 Å². The minimum absolute atomic E-state index is 0.0499. The van der Waals surface area contributed by atoms with E-state index in [9.17, 15) is 4.79 Å². The molecule has 0 N–H and O–H groups in total. The summed E-state index contributed by atoms with van der Waals surface area (Å²) in [4.78, 5) is 11.6. The Morgan fingerprint density at radius 2 is 2.17 bits per heavy atom. The van der Waals surface area contributed by atoms with Crippen LogP contribution in [0.15, 0.2) is 0 Å². The lowest BCUT2D eigenvalue weighted by Gasteiger charge is -2.31. The summed E-state index contributed by atoms with van der Waals surface area (Å²) in [5, 5.41) is 0. The van der Waals surface area contributed by atoms with Crippen molar-refractivity contribution in [3.63, 3.8) is 0 Å². The zero-order valence-electron chi connectivity index (χ0n) is 8.36. The number of ketones is 1. The van der Waals surface area contributed by atoms with E-state index >= 15 is 0 Å². The van der Waals surface area contributed by atoms with E-state index in [4.69, 9.17) is 0 Å². The summed E-state index contributed by atoms with van der Waals surface area (Å²) in [6.07, 6.45) is 7.88. The van der Waals surface area contributed by atoms with Crippen LogP contribution in [0.4, 0.5) is 0 Å². The lowest BCUT2D eigenvalue weighted by atomic mass is 9.71. The maximum atomic E-state index is 11.6. The Balaban J connectivity index is 2.48. The van der Waals surface area contributed by atoms with Gasteiger partial charge in [0.1, 0.15) is 5.78 Å². The lowest BCUT2D eigenvalue weighted by Crippen LogP contribution is -2.30. The first-order valence-corrected chi connectivity index (χ1v) is 5.22. The van der Waals surface area contributed by atoms with Crippen LogP contribution in [0.1, 0.15) is 58.8 Å². The Labute approximate surface area is 75.5 Å². The number of hydrogen-bond acceptors (Lipinski definition) is 1. The molecule has 0 aliphatic heterocycles. The molecule has 0 heterocycles. The van der Waals surface area contributed by atoms with E-state index in [-0.39, 0.29) is 5.41 Å². The molecule has 1 aliphatic carbocycles. The first-order chi connectivity index (χ1) is 5.69. The molecule has 0 aromatic carbocycles. The summed E-state index contributed by atoms with van der Waals surface area (Å²) < 4.78 is 0. The van der Waals surface area contributed by atoms with Crippen molar-refractivity contribution >= 4 is 5.78 Å². The van der Waals surface area contributed by atoms with Gasteiger partial charge in [-0.3, -0.25) is 4.79 Å². The Bertz CT molecular complexity index is 162. The quantitative estimate of drug-likeness (QED) is 0.631. The summed E-state index contributed by atoms with van der Waals surface area (Å²) in [5.41, 5.74) is 0.0499. The molecule has 1 saturated carbocycles. The predicted molar refractivity (Wildman–Crippen MR) is 51.1 cm³/mol. The van der Waals surface area contributed by atoms with Crippen LogP contribution in [-0.2, 0) is 4.79 Å². The van der Waals surface area contributed by atoms with Gasteiger partial charge in [0.05, 0.1) is 0 Å². The van der Waals surface area contributed by atoms with Crippen molar-refractivity contribution < 1.29 is 4.79 Å². The van der Waals surface area contributed by atoms with E-state index in [1.54, 1.807) is 0 Å². The third-order valence-electron chi connectivity index (χ3n) is 3.14. The topological polar surface area (TPSA) is 17.1 Å². The molecule has 0 unspecified atom stereocenters. The molecule has 70 valence electrons. The second-order valence-corrected chi connectivity index (χ2v) is 4.29. The van der Waals surface area contributed by atoms with Gasteiger partial charge < -0.3 is 0 Å². The van der Waals surface area contributed by atoms with Gasteiger partial charge in [0, 0.05) is 11.8 Å². The van der Waals surface area contributed by atoms with Crippen molar-refractivity contribution in [2.75, 3.05) is 0 Å². The molecule has 0 radical (unpaired) electrons. The number of unbranched alkanes of at least 4 members (excludes halogenated alkanes) is 1. The van der Waals surface area contributed by atoms with Crippen LogP contribution in [0.25, 0.3) is 0 Å². The van der Waals surface area contributed by atoms with Crippen LogP contribution >= 0.6 is 0 Å². The largest absolute Gasteiger partial charge is 0.299 e. The first-order valence-electron chi connectivity index (χ1n) is 5.22. The Hall–Kier alpha value is -0.330. The average Bonchev–Trinajstić information content (AvgIpc) is 2.07. The highest BCUT2D eigenvalue weighted by molar-refractivity contribution is 5.85. The Morgan fingerprint density at radius 1 is 1.42 bits per heavy atom. The third kappa shape index (κ3) is 2.09. The monoisotopic (exact) mass is 168 g/mol. The summed E-state index contributed by atoms with van der Waals surface area (Å²) in [5.74, 6) is 0.516. The molecule has 1 rings (SSSR count). The molecule has 0 aromatic rings. The summed E-state index contributed by atoms with van der Waals surface area (Å²) in [6.45, 7) is 4.35. The van der Waals surface area contributed by atoms with E-state index in [1.165, 1.54) is 19.3 Å². The fourth-order valence-corrected chi connectivity index (χ4v) is 2.07. The molecule has 1 fully saturated rings. The zero-order chi connectivity index (χ0) is 9.03. The van der Waals surface area contributed by atoms with Gasteiger partial charge in [-0.25, -0.2) is 0 Å². The van der Waals surface area contributed by atoms with Crippen LogP contribution in [0.3, 0.4) is 0 Å². The molecule has 0 aromatic heterocycles. The zero-order valence-corrected chi connectivity index (χ0v) is 8.36. The number of carbonyl (C=O) groups excluding carboxylic acids is 1. The average molecular weight is 168 g/mol. The van der Waals surface area contributed by atoms with Gasteiger partial charge in [0.15, 0.2) is 0 Å². The molecule has 1 aliphatic rings. The Kier molecular flexibility index (Phi) is 3.30. The van der Waals surface area contributed by atoms with Gasteiger partial charge in [-0.1, -0.05) is 33.1 Å². The fraction of sp³-hybridized carbons (Fsp3) is 0.909. The molecule has 0 saturated heterocycles. The SMILES string of the molecule is CCCC[C@@]1(C)CCCCC1=O. The maximum absolute atomic E-state index is 11.6. The molecule has 0 spiro atoms. The standard InChI is InChI=1S/C11H20O/c1-3-4-8-11(2)9-6-5-7-10(11)12/h3-9H2,1-2H3/t11-/m0/s1. The summed E-state index contributed by atoms with van der Waals surface area (Å²) in [7, 11) is 0. The van der Waals surface area contributed by atoms with Crippen molar-refractivity contribution in [2.24, 2.45) is 5.41 Å². The normalized spacial score (nSPS) is 30.7. The highest BCUT2D eigenvalue weighted by atomic mass is 16.1. The number of rotatable bonds is 3. The predicted octanol–water partition coefficient (Wildman–Crippen LogP) is 3.33. The Morgan fingerprint density at radius 3 is 2.75 bits per heavy atom. The van der Waals surface area contributed by atoms with E-state index in [0.29, 0.717) is 5.78 Å². The molecule has 12 heavy (non-hydrogen) atoms. The van der Waals surface area contributed by atoms with E-state index in [0.717, 1.165) is 25.7 Å². The van der Waals surface area contributed by atoms with Crippen molar-refractivity contribution in [1.82, 2.24) is 0 Å². The van der Waals surface area contributed by atoms with Crippen molar-refractivity contribution in [2.45, 2.75) is 58.8 Å². The van der Waals surface area contributed by atoms with E-state index < -0.39 is 0 Å². The van der Waals surface area contributed by atoms with Gasteiger partial charge in [-0.05, 0) is 19.3 Å². The van der Waals surface area contributed by atoms with Gasteiger partial charge in [0.2, 0.25) is 0 Å². The van der Waals surface area contributed by atoms with Gasteiger partial charge in [0.25, 0.3) is 0 Å². The maximum Gasteiger partial charge on any atom is 0.138 e. The van der Waals surface area contributed by atoms with Gasteiger partial charge in [-0.2, -0.15) is 0 Å². The number of carbonyl (C=O) groups is 1. The number of Topliss-reactive ketones (excluding diaryl/α,β-unsaturated/α-hetero) is 1. The second kappa shape index (κ2) is 4.06. The van der Waals surface area contributed by atoms with Crippen molar-refractivity contribution in [3.05, 3.63) is 0 Å². The third-order valence-corrected chi connectivity index (χ3v) is 3.14. The van der Waals surface area contributed by atoms with Crippen molar-refractivity contribution in [1.29, 1.82) is 0 Å². The molecular formula is C11H20O. The summed E-state index contributed by atoms with van der Waals surface area (Å²) >= 11 is 0. The molecule has 1 atom stereocenters. The van der Waals surface area contributed by atoms with Crippen LogP contribution in [0, 0.1) is 5.41 Å². The minimum Gasteiger partial charge on any atom is -0.299 e. The smallest absolute Gasteiger partial charge is 0.138 e. The minimum atomic E-state index is 0.0499. The number of hydrogen-bond donors (Lipinski definition) is 0. The highest BCUT2D eigenvalue weighted by Crippen LogP contribution is 2.36. The van der Waals surface area contributed by atoms with Crippen LogP contribution in [0.2, 0.25) is 0 Å². The highest BCUT2D eigenvalue weighted by Gasteiger charge is 2.33. The van der Waals surface area contributed by atoms with Crippen LogP contribution in [-0.4, -0.2) is 5.78 Å². The van der Waals surface area contributed by atoms with Crippen molar-refractivity contribution in [3.8, 4) is 0 Å². The molecule has 0 bridgehead atoms. The molecule has 1 nitrogen and oxygen atoms in total. The van der Waals surface area contributed by atoms with E-state index in [2.05, 4.69) is 13.8 Å². The van der Waals surface area contributed by atoms with E-state index in [1.807, 2.05) is 0 Å². The lowest BCUT2D eigenvalue weighted by molar-refractivity contribution is -0.130. The molecule has 0 amide bonds.